The lowest BCUT2D eigenvalue weighted by molar-refractivity contribution is 0.0938. The average molecular weight is 315 g/mol. The van der Waals surface area contributed by atoms with Gasteiger partial charge in [0.25, 0.3) is 5.91 Å². The van der Waals surface area contributed by atoms with Crippen LogP contribution < -0.4 is 5.32 Å². The molecule has 0 bridgehead atoms. The van der Waals surface area contributed by atoms with Crippen LogP contribution in [0.25, 0.3) is 11.3 Å². The topological polar surface area (TPSA) is 81.2 Å². The molecule has 0 radical (unpaired) electrons. The van der Waals surface area contributed by atoms with E-state index in [0.29, 0.717) is 17.1 Å². The molecule has 7 heteroatoms. The van der Waals surface area contributed by atoms with Gasteiger partial charge in [0, 0.05) is 17.7 Å². The van der Waals surface area contributed by atoms with Gasteiger partial charge in [-0.1, -0.05) is 17.2 Å². The van der Waals surface area contributed by atoms with E-state index in [9.17, 15) is 9.18 Å². The van der Waals surface area contributed by atoms with Crippen LogP contribution in [0.4, 0.5) is 4.39 Å². The van der Waals surface area contributed by atoms with Crippen molar-refractivity contribution in [3.8, 4) is 11.3 Å². The molecule has 0 atom stereocenters. The highest BCUT2D eigenvalue weighted by molar-refractivity contribution is 5.92. The first-order valence-electron chi connectivity index (χ1n) is 7.11. The summed E-state index contributed by atoms with van der Waals surface area (Å²) in [5, 5.41) is 10.2. The van der Waals surface area contributed by atoms with Gasteiger partial charge in [-0.25, -0.2) is 4.39 Å². The molecule has 0 aliphatic heterocycles. The van der Waals surface area contributed by atoms with Gasteiger partial charge < -0.3 is 14.4 Å². The molecule has 0 fully saturated rings. The molecule has 3 rings (SSSR count). The van der Waals surface area contributed by atoms with Crippen LogP contribution in [0.1, 0.15) is 28.9 Å². The van der Waals surface area contributed by atoms with E-state index in [4.69, 9.17) is 9.05 Å². The molecule has 1 N–H and O–H groups in total. The number of amides is 1. The predicted molar refractivity (Wildman–Crippen MR) is 78.9 cm³/mol. The summed E-state index contributed by atoms with van der Waals surface area (Å²) in [5.74, 6) is 0.224. The number of nitrogens with zero attached hydrogens (tertiary/aromatic N) is 2. The highest BCUT2D eigenvalue weighted by atomic mass is 19.1. The van der Waals surface area contributed by atoms with Crippen LogP contribution in [0.3, 0.4) is 0 Å². The second-order valence-corrected chi connectivity index (χ2v) is 4.90. The fourth-order valence-corrected chi connectivity index (χ4v) is 2.00. The Balaban J connectivity index is 1.65. The standard InChI is InChI=1S/C16H14FN3O3/c1-2-12-7-13(22-19-12)9-18-16(21)14-8-15(23-20-14)10-3-5-11(17)6-4-10/h3-8H,2,9H2,1H3,(H,18,21). The third kappa shape index (κ3) is 3.45. The molecular weight excluding hydrogens is 301 g/mol. The lowest BCUT2D eigenvalue weighted by Gasteiger charge is -1.97. The van der Waals surface area contributed by atoms with Gasteiger partial charge in [-0.15, -0.1) is 0 Å². The van der Waals surface area contributed by atoms with Crippen molar-refractivity contribution >= 4 is 5.91 Å². The third-order valence-electron chi connectivity index (χ3n) is 3.26. The average Bonchev–Trinajstić information content (AvgIpc) is 3.22. The van der Waals surface area contributed by atoms with Gasteiger partial charge >= 0.3 is 0 Å². The molecule has 2 heterocycles. The molecule has 118 valence electrons. The molecule has 0 spiro atoms. The summed E-state index contributed by atoms with van der Waals surface area (Å²) in [6, 6.07) is 9.02. The lowest BCUT2D eigenvalue weighted by Crippen LogP contribution is -2.22. The minimum atomic E-state index is -0.392. The van der Waals surface area contributed by atoms with Crippen molar-refractivity contribution in [3.05, 3.63) is 59.4 Å². The van der Waals surface area contributed by atoms with E-state index in [2.05, 4.69) is 15.6 Å². The number of benzene rings is 1. The molecule has 23 heavy (non-hydrogen) atoms. The number of rotatable bonds is 5. The Labute approximate surface area is 131 Å². The first kappa shape index (κ1) is 15.0. The van der Waals surface area contributed by atoms with E-state index in [-0.39, 0.29) is 18.1 Å². The van der Waals surface area contributed by atoms with E-state index in [1.807, 2.05) is 6.92 Å². The molecule has 2 aromatic heterocycles. The molecule has 0 saturated carbocycles. The minimum Gasteiger partial charge on any atom is -0.359 e. The van der Waals surface area contributed by atoms with Crippen LogP contribution in [-0.2, 0) is 13.0 Å². The van der Waals surface area contributed by atoms with Crippen LogP contribution in [0, 0.1) is 5.82 Å². The molecule has 0 aliphatic carbocycles. The summed E-state index contributed by atoms with van der Waals surface area (Å²) in [4.78, 5) is 12.0. The van der Waals surface area contributed by atoms with Crippen LogP contribution in [0.2, 0.25) is 0 Å². The van der Waals surface area contributed by atoms with Crippen molar-refractivity contribution < 1.29 is 18.2 Å². The second-order valence-electron chi connectivity index (χ2n) is 4.90. The number of halogens is 1. The Morgan fingerprint density at radius 2 is 1.96 bits per heavy atom. The fourth-order valence-electron chi connectivity index (χ4n) is 2.00. The molecule has 0 saturated heterocycles. The molecule has 3 aromatic rings. The summed E-state index contributed by atoms with van der Waals surface area (Å²) < 4.78 is 23.1. The zero-order valence-electron chi connectivity index (χ0n) is 12.4. The molecule has 6 nitrogen and oxygen atoms in total. The lowest BCUT2D eigenvalue weighted by atomic mass is 10.1. The highest BCUT2D eigenvalue weighted by Crippen LogP contribution is 2.20. The molecule has 0 aliphatic rings. The number of aromatic nitrogens is 2. The minimum absolute atomic E-state index is 0.138. The van der Waals surface area contributed by atoms with E-state index >= 15 is 0 Å². The highest BCUT2D eigenvalue weighted by Gasteiger charge is 2.14. The molecule has 1 aromatic carbocycles. The van der Waals surface area contributed by atoms with Crippen molar-refractivity contribution in [2.75, 3.05) is 0 Å². The second kappa shape index (κ2) is 6.43. The van der Waals surface area contributed by atoms with Crippen LogP contribution in [0.15, 0.2) is 45.4 Å². The number of carbonyl (C=O) groups is 1. The Kier molecular flexibility index (Phi) is 4.18. The van der Waals surface area contributed by atoms with Crippen LogP contribution in [0.5, 0.6) is 0 Å². The third-order valence-corrected chi connectivity index (χ3v) is 3.26. The Hall–Kier alpha value is -2.96. The first-order chi connectivity index (χ1) is 11.2. The van der Waals surface area contributed by atoms with Gasteiger partial charge in [0.15, 0.2) is 17.2 Å². The van der Waals surface area contributed by atoms with E-state index in [0.717, 1.165) is 12.1 Å². The molecule has 1 amide bonds. The van der Waals surface area contributed by atoms with Crippen molar-refractivity contribution in [2.24, 2.45) is 0 Å². The Bertz CT molecular complexity index is 808. The zero-order valence-corrected chi connectivity index (χ0v) is 12.4. The summed E-state index contributed by atoms with van der Waals surface area (Å²) in [7, 11) is 0. The smallest absolute Gasteiger partial charge is 0.273 e. The predicted octanol–water partition coefficient (Wildman–Crippen LogP) is 2.96. The van der Waals surface area contributed by atoms with Crippen molar-refractivity contribution in [1.82, 2.24) is 15.6 Å². The van der Waals surface area contributed by atoms with Gasteiger partial charge in [0.05, 0.1) is 12.2 Å². The van der Waals surface area contributed by atoms with E-state index in [1.54, 1.807) is 18.2 Å². The maximum absolute atomic E-state index is 12.9. The number of aryl methyl sites for hydroxylation is 1. The summed E-state index contributed by atoms with van der Waals surface area (Å²) in [5.41, 5.74) is 1.61. The number of nitrogens with one attached hydrogen (secondary N) is 1. The van der Waals surface area contributed by atoms with Gasteiger partial charge in [0.2, 0.25) is 0 Å². The quantitative estimate of drug-likeness (QED) is 0.783. The van der Waals surface area contributed by atoms with Crippen molar-refractivity contribution in [1.29, 1.82) is 0 Å². The van der Waals surface area contributed by atoms with Crippen molar-refractivity contribution in [2.45, 2.75) is 19.9 Å². The van der Waals surface area contributed by atoms with Gasteiger partial charge in [-0.2, -0.15) is 0 Å². The maximum Gasteiger partial charge on any atom is 0.273 e. The summed E-state index contributed by atoms with van der Waals surface area (Å²) in [6.45, 7) is 2.18. The Morgan fingerprint density at radius 3 is 2.65 bits per heavy atom. The summed E-state index contributed by atoms with van der Waals surface area (Å²) >= 11 is 0. The van der Waals surface area contributed by atoms with Crippen LogP contribution in [-0.4, -0.2) is 16.2 Å². The Morgan fingerprint density at radius 1 is 1.17 bits per heavy atom. The van der Waals surface area contributed by atoms with Crippen molar-refractivity contribution in [3.63, 3.8) is 0 Å². The normalized spacial score (nSPS) is 10.7. The SMILES string of the molecule is CCc1cc(CNC(=O)c2cc(-c3ccc(F)cc3)on2)on1. The monoisotopic (exact) mass is 315 g/mol. The van der Waals surface area contributed by atoms with E-state index in [1.165, 1.54) is 18.2 Å². The maximum atomic E-state index is 12.9. The zero-order chi connectivity index (χ0) is 16.2. The summed E-state index contributed by atoms with van der Waals surface area (Å²) in [6.07, 6.45) is 0.766. The number of carbonyl (C=O) groups excluding carboxylic acids is 1. The molecule has 0 unspecified atom stereocenters. The molecular formula is C16H14FN3O3. The van der Waals surface area contributed by atoms with Gasteiger partial charge in [-0.3, -0.25) is 4.79 Å². The van der Waals surface area contributed by atoms with Crippen LogP contribution >= 0.6 is 0 Å². The fraction of sp³-hybridized carbons (Fsp3) is 0.188. The van der Waals surface area contributed by atoms with E-state index < -0.39 is 5.91 Å². The first-order valence-corrected chi connectivity index (χ1v) is 7.11. The number of hydrogen-bond donors (Lipinski definition) is 1. The number of hydrogen-bond acceptors (Lipinski definition) is 5. The van der Waals surface area contributed by atoms with Gasteiger partial charge in [0.1, 0.15) is 5.82 Å². The van der Waals surface area contributed by atoms with Gasteiger partial charge in [-0.05, 0) is 30.7 Å². The largest absolute Gasteiger partial charge is 0.359 e.